The van der Waals surface area contributed by atoms with Crippen LogP contribution >= 0.6 is 0 Å². The minimum absolute atomic E-state index is 0. The summed E-state index contributed by atoms with van der Waals surface area (Å²) in [7, 11) is -4.25. The second-order valence-corrected chi connectivity index (χ2v) is 9.76. The van der Waals surface area contributed by atoms with Gasteiger partial charge in [-0.15, -0.1) is 0 Å². The summed E-state index contributed by atoms with van der Waals surface area (Å²) in [5.41, 5.74) is 1.51. The van der Waals surface area contributed by atoms with Crippen LogP contribution in [0.1, 0.15) is 36.6 Å². The molecular formula is C23H25FN3NaO4S. The largest absolute Gasteiger partial charge is 1.00 e. The Kier molecular flexibility index (Phi) is 8.82. The quantitative estimate of drug-likeness (QED) is 0.355. The molecular weight excluding hydrogens is 456 g/mol. The molecule has 2 heterocycles. The van der Waals surface area contributed by atoms with Crippen molar-refractivity contribution in [3.63, 3.8) is 0 Å². The van der Waals surface area contributed by atoms with Crippen LogP contribution in [0.15, 0.2) is 53.3 Å². The molecule has 0 saturated carbocycles. The zero-order valence-electron chi connectivity index (χ0n) is 18.6. The first-order valence-corrected chi connectivity index (χ1v) is 12.3. The van der Waals surface area contributed by atoms with E-state index in [2.05, 4.69) is 0 Å². The number of benzene rings is 2. The Morgan fingerprint density at radius 2 is 1.73 bits per heavy atom. The molecule has 7 nitrogen and oxygen atoms in total. The van der Waals surface area contributed by atoms with Gasteiger partial charge in [0.15, 0.2) is 0 Å². The molecule has 0 amide bonds. The summed E-state index contributed by atoms with van der Waals surface area (Å²) in [6, 6.07) is 13.5. The number of aromatic nitrogens is 2. The van der Waals surface area contributed by atoms with E-state index in [0.717, 1.165) is 29.5 Å². The van der Waals surface area contributed by atoms with Crippen LogP contribution in [-0.4, -0.2) is 53.0 Å². The molecule has 1 aliphatic heterocycles. The van der Waals surface area contributed by atoms with Gasteiger partial charge in [-0.05, 0) is 49.6 Å². The topological polar surface area (TPSA) is 95.3 Å². The maximum atomic E-state index is 13.3. The van der Waals surface area contributed by atoms with Gasteiger partial charge in [0.1, 0.15) is 5.82 Å². The fourth-order valence-electron chi connectivity index (χ4n) is 4.29. The molecule has 1 unspecified atom stereocenters. The zero-order valence-corrected chi connectivity index (χ0v) is 21.4. The van der Waals surface area contributed by atoms with Crippen LogP contribution in [0.5, 0.6) is 0 Å². The van der Waals surface area contributed by atoms with E-state index >= 15 is 0 Å². The van der Waals surface area contributed by atoms with Crippen LogP contribution in [0.25, 0.3) is 10.8 Å². The summed E-state index contributed by atoms with van der Waals surface area (Å²) >= 11 is 0. The van der Waals surface area contributed by atoms with Crippen molar-refractivity contribution in [3.05, 3.63) is 76.0 Å². The second-order valence-electron chi connectivity index (χ2n) is 8.23. The van der Waals surface area contributed by atoms with Crippen molar-refractivity contribution < 1.29 is 46.9 Å². The average Bonchev–Trinajstić information content (AvgIpc) is 3.01. The molecule has 1 atom stereocenters. The van der Waals surface area contributed by atoms with E-state index in [1.807, 2.05) is 23.1 Å². The summed E-state index contributed by atoms with van der Waals surface area (Å²) in [5, 5.41) is 6.12. The van der Waals surface area contributed by atoms with Crippen LogP contribution in [0, 0.1) is 5.82 Å². The van der Waals surface area contributed by atoms with Crippen LogP contribution in [0.3, 0.4) is 0 Å². The third kappa shape index (κ3) is 6.71. The van der Waals surface area contributed by atoms with E-state index in [0.29, 0.717) is 31.3 Å². The van der Waals surface area contributed by atoms with Crippen molar-refractivity contribution in [1.82, 2.24) is 14.7 Å². The SMILES string of the molecule is O=c1c2ccccc2c(Cc2ccc(F)cc2)nn1C1CCCN(CCS(=O)(=O)[O-])CC1.[Na+]. The second kappa shape index (κ2) is 11.2. The van der Waals surface area contributed by atoms with E-state index in [9.17, 15) is 22.2 Å². The molecule has 0 radical (unpaired) electrons. The minimum atomic E-state index is -4.25. The maximum absolute atomic E-state index is 13.3. The number of nitrogens with zero attached hydrogens (tertiary/aromatic N) is 3. The zero-order chi connectivity index (χ0) is 22.7. The molecule has 1 aliphatic rings. The molecule has 33 heavy (non-hydrogen) atoms. The predicted octanol–water partition coefficient (Wildman–Crippen LogP) is -0.297. The molecule has 4 rings (SSSR count). The Labute approximate surface area is 214 Å². The monoisotopic (exact) mass is 481 g/mol. The predicted molar refractivity (Wildman–Crippen MR) is 119 cm³/mol. The summed E-state index contributed by atoms with van der Waals surface area (Å²) < 4.78 is 47.8. The van der Waals surface area contributed by atoms with Gasteiger partial charge in [-0.3, -0.25) is 4.79 Å². The normalized spacial score (nSPS) is 17.5. The standard InChI is InChI=1S/C23H26FN3O4S.Na/c24-18-9-7-17(8-10-18)16-22-20-5-1-2-6-21(20)23(28)27(25-22)19-4-3-12-26(13-11-19)14-15-32(29,30)31;/h1-2,5-10,19H,3-4,11-16H2,(H,29,30,31);/q;+1/p-1. The number of fused-ring (bicyclic) bond motifs is 1. The van der Waals surface area contributed by atoms with Crippen molar-refractivity contribution in [2.75, 3.05) is 25.4 Å². The summed E-state index contributed by atoms with van der Waals surface area (Å²) in [4.78, 5) is 15.2. The molecule has 3 aromatic rings. The number of hydrogen-bond donors (Lipinski definition) is 0. The Balaban J connectivity index is 0.00000306. The molecule has 0 spiro atoms. The van der Waals surface area contributed by atoms with Crippen molar-refractivity contribution in [2.24, 2.45) is 0 Å². The molecule has 1 saturated heterocycles. The van der Waals surface area contributed by atoms with Crippen LogP contribution in [-0.2, 0) is 16.5 Å². The first-order valence-electron chi connectivity index (χ1n) is 10.7. The van der Waals surface area contributed by atoms with Gasteiger partial charge < -0.3 is 9.45 Å². The molecule has 0 bridgehead atoms. The van der Waals surface area contributed by atoms with Crippen molar-refractivity contribution in [2.45, 2.75) is 31.7 Å². The van der Waals surface area contributed by atoms with Gasteiger partial charge in [0.05, 0.1) is 33.0 Å². The van der Waals surface area contributed by atoms with Gasteiger partial charge in [0, 0.05) is 24.9 Å². The average molecular weight is 482 g/mol. The molecule has 2 aromatic carbocycles. The smallest absolute Gasteiger partial charge is 0.748 e. The van der Waals surface area contributed by atoms with Crippen molar-refractivity contribution >= 4 is 20.9 Å². The Morgan fingerprint density at radius 1 is 1.03 bits per heavy atom. The summed E-state index contributed by atoms with van der Waals surface area (Å²) in [6.45, 7) is 1.47. The van der Waals surface area contributed by atoms with E-state index in [-0.39, 0.29) is 53.5 Å². The Bertz CT molecular complexity index is 1260. The van der Waals surface area contributed by atoms with E-state index in [4.69, 9.17) is 5.10 Å². The number of rotatable bonds is 6. The Hall–Kier alpha value is -1.62. The number of likely N-dealkylation sites (tertiary alicyclic amines) is 1. The van der Waals surface area contributed by atoms with E-state index in [1.165, 1.54) is 12.1 Å². The number of hydrogen-bond acceptors (Lipinski definition) is 6. The van der Waals surface area contributed by atoms with Gasteiger partial charge in [-0.25, -0.2) is 17.5 Å². The van der Waals surface area contributed by atoms with E-state index in [1.54, 1.807) is 22.9 Å². The van der Waals surface area contributed by atoms with Crippen LogP contribution in [0.4, 0.5) is 4.39 Å². The fraction of sp³-hybridized carbons (Fsp3) is 0.391. The van der Waals surface area contributed by atoms with Crippen LogP contribution in [0.2, 0.25) is 0 Å². The van der Waals surface area contributed by atoms with Gasteiger partial charge >= 0.3 is 29.6 Å². The minimum Gasteiger partial charge on any atom is -0.748 e. The summed E-state index contributed by atoms with van der Waals surface area (Å²) in [6.07, 6.45) is 2.63. The van der Waals surface area contributed by atoms with Gasteiger partial charge in [0.2, 0.25) is 0 Å². The van der Waals surface area contributed by atoms with Crippen molar-refractivity contribution in [1.29, 1.82) is 0 Å². The molecule has 10 heteroatoms. The fourth-order valence-corrected chi connectivity index (χ4v) is 4.78. The third-order valence-corrected chi connectivity index (χ3v) is 6.67. The number of halogens is 1. The van der Waals surface area contributed by atoms with Gasteiger partial charge in [0.25, 0.3) is 5.56 Å². The Morgan fingerprint density at radius 3 is 2.42 bits per heavy atom. The van der Waals surface area contributed by atoms with Crippen LogP contribution < -0.4 is 35.1 Å². The van der Waals surface area contributed by atoms with Gasteiger partial charge in [-0.1, -0.05) is 30.3 Å². The van der Waals surface area contributed by atoms with E-state index < -0.39 is 15.9 Å². The molecule has 0 N–H and O–H groups in total. The molecule has 1 fully saturated rings. The molecule has 170 valence electrons. The molecule has 0 aliphatic carbocycles. The summed E-state index contributed by atoms with van der Waals surface area (Å²) in [5.74, 6) is -0.711. The first-order chi connectivity index (χ1) is 15.3. The van der Waals surface area contributed by atoms with Crippen molar-refractivity contribution in [3.8, 4) is 0 Å². The molecule has 1 aromatic heterocycles. The maximum Gasteiger partial charge on any atom is 1.00 e. The first kappa shape index (κ1) is 26.0. The third-order valence-electron chi connectivity index (χ3n) is 5.98. The van der Waals surface area contributed by atoms with Gasteiger partial charge in [-0.2, -0.15) is 5.10 Å².